The Bertz CT molecular complexity index is 293. The van der Waals surface area contributed by atoms with Crippen LogP contribution >= 0.6 is 11.6 Å². The van der Waals surface area contributed by atoms with Gasteiger partial charge in [0.1, 0.15) is 0 Å². The molecule has 2 N–H and O–H groups in total. The molecule has 2 nitrogen and oxygen atoms in total. The molecule has 0 radical (unpaired) electrons. The molecule has 84 valence electrons. The molecule has 1 rings (SSSR count). The topological polar surface area (TPSA) is 32.3 Å². The number of hydrogen-bond acceptors (Lipinski definition) is 2. The second-order valence-corrected chi connectivity index (χ2v) is 4.27. The number of aliphatic hydroxyl groups is 1. The van der Waals surface area contributed by atoms with E-state index in [1.54, 1.807) is 0 Å². The molecule has 0 saturated carbocycles. The van der Waals surface area contributed by atoms with Crippen molar-refractivity contribution in [3.8, 4) is 0 Å². The summed E-state index contributed by atoms with van der Waals surface area (Å²) in [7, 11) is 1.90. The van der Waals surface area contributed by atoms with Crippen LogP contribution in [0.25, 0.3) is 0 Å². The Kier molecular flexibility index (Phi) is 4.58. The van der Waals surface area contributed by atoms with Gasteiger partial charge in [0.25, 0.3) is 0 Å². The van der Waals surface area contributed by atoms with Gasteiger partial charge in [-0.2, -0.15) is 0 Å². The van der Waals surface area contributed by atoms with Crippen molar-refractivity contribution in [1.82, 2.24) is 5.32 Å². The number of halogens is 1. The van der Waals surface area contributed by atoms with E-state index in [1.807, 2.05) is 31.3 Å². The summed E-state index contributed by atoms with van der Waals surface area (Å²) in [6, 6.07) is 7.71. The summed E-state index contributed by atoms with van der Waals surface area (Å²) >= 11 is 5.85. The van der Waals surface area contributed by atoms with Crippen LogP contribution in [-0.2, 0) is 5.41 Å². The van der Waals surface area contributed by atoms with Gasteiger partial charge >= 0.3 is 0 Å². The Morgan fingerprint density at radius 3 is 2.33 bits per heavy atom. The summed E-state index contributed by atoms with van der Waals surface area (Å²) in [5.41, 5.74) is 0.936. The Balaban J connectivity index is 3.02. The lowest BCUT2D eigenvalue weighted by atomic mass is 9.79. The van der Waals surface area contributed by atoms with E-state index in [1.165, 1.54) is 0 Å². The molecule has 0 heterocycles. The third-order valence-electron chi connectivity index (χ3n) is 2.95. The number of benzene rings is 1. The van der Waals surface area contributed by atoms with Gasteiger partial charge in [-0.15, -0.1) is 0 Å². The van der Waals surface area contributed by atoms with Gasteiger partial charge in [0.05, 0.1) is 6.61 Å². The Labute approximate surface area is 96.3 Å². The molecule has 1 aromatic carbocycles. The van der Waals surface area contributed by atoms with Crippen molar-refractivity contribution < 1.29 is 5.11 Å². The fourth-order valence-corrected chi connectivity index (χ4v) is 1.96. The van der Waals surface area contributed by atoms with Gasteiger partial charge in [-0.25, -0.2) is 0 Å². The highest BCUT2D eigenvalue weighted by molar-refractivity contribution is 6.30. The Morgan fingerprint density at radius 1 is 1.33 bits per heavy atom. The molecule has 3 heteroatoms. The quantitative estimate of drug-likeness (QED) is 0.809. The molecule has 0 aliphatic heterocycles. The molecule has 1 atom stereocenters. The molecular formula is C12H18ClNO. The van der Waals surface area contributed by atoms with Crippen LogP contribution in [-0.4, -0.2) is 25.3 Å². The van der Waals surface area contributed by atoms with Gasteiger partial charge in [0.15, 0.2) is 0 Å². The van der Waals surface area contributed by atoms with Gasteiger partial charge in [0, 0.05) is 17.0 Å². The minimum Gasteiger partial charge on any atom is -0.395 e. The lowest BCUT2D eigenvalue weighted by Crippen LogP contribution is -2.39. The summed E-state index contributed by atoms with van der Waals surface area (Å²) in [6.45, 7) is 3.00. The molecule has 1 unspecified atom stereocenters. The van der Waals surface area contributed by atoms with Crippen LogP contribution in [0.3, 0.4) is 0 Å². The number of nitrogens with one attached hydrogen (secondary N) is 1. The minimum atomic E-state index is -0.195. The molecule has 0 fully saturated rings. The van der Waals surface area contributed by atoms with Gasteiger partial charge in [-0.3, -0.25) is 0 Å². The molecule has 0 spiro atoms. The maximum absolute atomic E-state index is 9.56. The average Bonchev–Trinajstić information content (AvgIpc) is 2.27. The maximum Gasteiger partial charge on any atom is 0.0540 e. The molecule has 0 bridgehead atoms. The maximum atomic E-state index is 9.56. The first kappa shape index (κ1) is 12.5. The predicted octanol–water partition coefficient (Wildman–Crippen LogP) is 2.20. The normalized spacial score (nSPS) is 14.9. The summed E-state index contributed by atoms with van der Waals surface area (Å²) in [5, 5.41) is 13.4. The second kappa shape index (κ2) is 5.50. The molecule has 0 amide bonds. The zero-order valence-electron chi connectivity index (χ0n) is 9.26. The molecule has 0 aliphatic rings. The first-order valence-electron chi connectivity index (χ1n) is 5.20. The van der Waals surface area contributed by atoms with E-state index in [4.69, 9.17) is 11.6 Å². The van der Waals surface area contributed by atoms with E-state index in [2.05, 4.69) is 12.2 Å². The number of likely N-dealkylation sites (N-methyl/N-ethyl adjacent to an activating group) is 1. The van der Waals surface area contributed by atoms with E-state index in [9.17, 15) is 5.11 Å². The van der Waals surface area contributed by atoms with Crippen LogP contribution in [0.15, 0.2) is 24.3 Å². The molecule has 0 aromatic heterocycles. The standard InChI is InChI=1S/C12H18ClNO/c1-3-12(9-15,8-14-2)10-4-6-11(13)7-5-10/h4-7,14-15H,3,8-9H2,1-2H3. The fraction of sp³-hybridized carbons (Fsp3) is 0.500. The Hall–Kier alpha value is -0.570. The fourth-order valence-electron chi connectivity index (χ4n) is 1.83. The Morgan fingerprint density at radius 2 is 1.93 bits per heavy atom. The van der Waals surface area contributed by atoms with Crippen LogP contribution in [0.4, 0.5) is 0 Å². The molecule has 1 aromatic rings. The van der Waals surface area contributed by atoms with Gasteiger partial charge in [-0.05, 0) is 31.2 Å². The van der Waals surface area contributed by atoms with E-state index < -0.39 is 0 Å². The van der Waals surface area contributed by atoms with Crippen LogP contribution < -0.4 is 5.32 Å². The van der Waals surface area contributed by atoms with Crippen molar-refractivity contribution >= 4 is 11.6 Å². The van der Waals surface area contributed by atoms with Crippen LogP contribution in [0.2, 0.25) is 5.02 Å². The van der Waals surface area contributed by atoms with E-state index in [0.717, 1.165) is 23.6 Å². The summed E-state index contributed by atoms with van der Waals surface area (Å²) < 4.78 is 0. The largest absolute Gasteiger partial charge is 0.395 e. The lowest BCUT2D eigenvalue weighted by Gasteiger charge is -2.31. The smallest absolute Gasteiger partial charge is 0.0540 e. The van der Waals surface area contributed by atoms with E-state index >= 15 is 0 Å². The van der Waals surface area contributed by atoms with Gasteiger partial charge in [-0.1, -0.05) is 30.7 Å². The van der Waals surface area contributed by atoms with E-state index in [0.29, 0.717) is 0 Å². The van der Waals surface area contributed by atoms with Crippen molar-refractivity contribution in [2.24, 2.45) is 0 Å². The first-order valence-corrected chi connectivity index (χ1v) is 5.58. The highest BCUT2D eigenvalue weighted by atomic mass is 35.5. The van der Waals surface area contributed by atoms with Crippen molar-refractivity contribution in [3.05, 3.63) is 34.9 Å². The highest BCUT2D eigenvalue weighted by Crippen LogP contribution is 2.27. The summed E-state index contributed by atoms with van der Waals surface area (Å²) in [6.07, 6.45) is 0.895. The lowest BCUT2D eigenvalue weighted by molar-refractivity contribution is 0.186. The third-order valence-corrected chi connectivity index (χ3v) is 3.20. The SMILES string of the molecule is CCC(CO)(CNC)c1ccc(Cl)cc1. The minimum absolute atomic E-state index is 0.145. The molecule has 0 saturated heterocycles. The summed E-state index contributed by atoms with van der Waals surface area (Å²) in [4.78, 5) is 0. The third kappa shape index (κ3) is 2.71. The summed E-state index contributed by atoms with van der Waals surface area (Å²) in [5.74, 6) is 0. The van der Waals surface area contributed by atoms with Crippen molar-refractivity contribution in [3.63, 3.8) is 0 Å². The molecule has 15 heavy (non-hydrogen) atoms. The number of aliphatic hydroxyl groups excluding tert-OH is 1. The monoisotopic (exact) mass is 227 g/mol. The van der Waals surface area contributed by atoms with Crippen LogP contribution in [0.5, 0.6) is 0 Å². The van der Waals surface area contributed by atoms with Crippen LogP contribution in [0, 0.1) is 0 Å². The van der Waals surface area contributed by atoms with Gasteiger partial charge in [0.2, 0.25) is 0 Å². The predicted molar refractivity (Wildman–Crippen MR) is 64.4 cm³/mol. The molecule has 0 aliphatic carbocycles. The number of rotatable bonds is 5. The zero-order valence-corrected chi connectivity index (χ0v) is 10.0. The van der Waals surface area contributed by atoms with Crippen LogP contribution in [0.1, 0.15) is 18.9 Å². The van der Waals surface area contributed by atoms with Crippen molar-refractivity contribution in [2.75, 3.05) is 20.2 Å². The number of hydrogen-bond donors (Lipinski definition) is 2. The molecular weight excluding hydrogens is 210 g/mol. The van der Waals surface area contributed by atoms with Gasteiger partial charge < -0.3 is 10.4 Å². The zero-order chi connectivity index (χ0) is 11.3. The first-order chi connectivity index (χ1) is 7.18. The van der Waals surface area contributed by atoms with Crippen molar-refractivity contribution in [1.29, 1.82) is 0 Å². The van der Waals surface area contributed by atoms with E-state index in [-0.39, 0.29) is 12.0 Å². The highest BCUT2D eigenvalue weighted by Gasteiger charge is 2.28. The average molecular weight is 228 g/mol. The second-order valence-electron chi connectivity index (χ2n) is 3.83. The van der Waals surface area contributed by atoms with Crippen molar-refractivity contribution in [2.45, 2.75) is 18.8 Å².